The van der Waals surface area contributed by atoms with Gasteiger partial charge >= 0.3 is 0 Å². The van der Waals surface area contributed by atoms with Gasteiger partial charge in [0.15, 0.2) is 0 Å². The Morgan fingerprint density at radius 1 is 1.14 bits per heavy atom. The summed E-state index contributed by atoms with van der Waals surface area (Å²) >= 11 is 1.42. The summed E-state index contributed by atoms with van der Waals surface area (Å²) in [5.74, 6) is -0.373. The van der Waals surface area contributed by atoms with Gasteiger partial charge in [0.1, 0.15) is 5.82 Å². The zero-order valence-corrected chi connectivity index (χ0v) is 16.2. The van der Waals surface area contributed by atoms with Crippen molar-refractivity contribution < 1.29 is 9.18 Å². The molecule has 0 spiro atoms. The van der Waals surface area contributed by atoms with E-state index in [1.54, 1.807) is 18.2 Å². The van der Waals surface area contributed by atoms with Crippen LogP contribution in [0.2, 0.25) is 0 Å². The maximum Gasteiger partial charge on any atom is 0.261 e. The van der Waals surface area contributed by atoms with Crippen molar-refractivity contribution in [2.75, 3.05) is 25.0 Å². The van der Waals surface area contributed by atoms with Gasteiger partial charge < -0.3 is 10.2 Å². The van der Waals surface area contributed by atoms with Crippen LogP contribution >= 0.6 is 11.3 Å². The maximum atomic E-state index is 14.5. The molecule has 1 unspecified atom stereocenters. The third-order valence-electron chi connectivity index (χ3n) is 4.92. The topological polar surface area (TPSA) is 44.7 Å². The molecule has 0 saturated heterocycles. The standard InChI is InChI=1S/C22H20FN3OS/c1-26-15(14-25-22(27)20-11-6-12-28-20)13-24-21(16-7-2-4-9-18(16)23)17-8-3-5-10-19(17)26/h2-12,15H,13-14H2,1H3,(H,25,27). The molecule has 3 aromatic rings. The number of benzodiazepines with no additional fused rings is 1. The Morgan fingerprint density at radius 2 is 1.89 bits per heavy atom. The molecule has 0 saturated carbocycles. The van der Waals surface area contributed by atoms with E-state index in [9.17, 15) is 9.18 Å². The predicted molar refractivity (Wildman–Crippen MR) is 112 cm³/mol. The van der Waals surface area contributed by atoms with Crippen LogP contribution in [0.25, 0.3) is 0 Å². The van der Waals surface area contributed by atoms with Crippen LogP contribution in [-0.2, 0) is 0 Å². The molecule has 1 aliphatic rings. The van der Waals surface area contributed by atoms with Crippen molar-refractivity contribution in [2.24, 2.45) is 4.99 Å². The molecule has 4 rings (SSSR count). The third-order valence-corrected chi connectivity index (χ3v) is 5.79. The molecule has 1 atom stereocenters. The number of fused-ring (bicyclic) bond motifs is 1. The summed E-state index contributed by atoms with van der Waals surface area (Å²) in [4.78, 5) is 19.9. The van der Waals surface area contributed by atoms with Crippen LogP contribution in [0.5, 0.6) is 0 Å². The van der Waals surface area contributed by atoms with E-state index >= 15 is 0 Å². The first kappa shape index (κ1) is 18.4. The van der Waals surface area contributed by atoms with Crippen LogP contribution in [0.4, 0.5) is 10.1 Å². The van der Waals surface area contributed by atoms with Gasteiger partial charge in [-0.15, -0.1) is 11.3 Å². The minimum absolute atomic E-state index is 0.0330. The lowest BCUT2D eigenvalue weighted by Crippen LogP contribution is -2.43. The lowest BCUT2D eigenvalue weighted by atomic mass is 10.00. The van der Waals surface area contributed by atoms with E-state index in [-0.39, 0.29) is 17.8 Å². The number of likely N-dealkylation sites (N-methyl/N-ethyl adjacent to an activating group) is 1. The van der Waals surface area contributed by atoms with Crippen molar-refractivity contribution in [3.05, 3.63) is 87.9 Å². The molecular formula is C22H20FN3OS. The molecule has 0 aliphatic carbocycles. The van der Waals surface area contributed by atoms with E-state index < -0.39 is 0 Å². The fourth-order valence-corrected chi connectivity index (χ4v) is 4.01. The summed E-state index contributed by atoms with van der Waals surface area (Å²) in [5.41, 5.74) is 3.00. The molecule has 142 valence electrons. The highest BCUT2D eigenvalue weighted by Gasteiger charge is 2.25. The smallest absolute Gasteiger partial charge is 0.261 e. The quantitative estimate of drug-likeness (QED) is 0.729. The number of hydrogen-bond donors (Lipinski definition) is 1. The van der Waals surface area contributed by atoms with Crippen LogP contribution in [0.15, 0.2) is 71.0 Å². The molecule has 0 bridgehead atoms. The number of benzene rings is 2. The molecule has 1 N–H and O–H groups in total. The maximum absolute atomic E-state index is 14.5. The van der Waals surface area contributed by atoms with E-state index in [1.807, 2.05) is 48.8 Å². The monoisotopic (exact) mass is 393 g/mol. The minimum Gasteiger partial charge on any atom is -0.367 e. The zero-order chi connectivity index (χ0) is 19.5. The van der Waals surface area contributed by atoms with Gasteiger partial charge in [0.2, 0.25) is 0 Å². The van der Waals surface area contributed by atoms with Crippen LogP contribution in [0.3, 0.4) is 0 Å². The van der Waals surface area contributed by atoms with Crippen molar-refractivity contribution in [1.29, 1.82) is 0 Å². The first-order valence-electron chi connectivity index (χ1n) is 9.08. The average molecular weight is 393 g/mol. The number of nitrogens with zero attached hydrogens (tertiary/aromatic N) is 2. The molecule has 1 amide bonds. The third kappa shape index (κ3) is 3.55. The van der Waals surface area contributed by atoms with Crippen LogP contribution in [-0.4, -0.2) is 37.8 Å². The van der Waals surface area contributed by atoms with E-state index in [0.29, 0.717) is 29.2 Å². The zero-order valence-electron chi connectivity index (χ0n) is 15.4. The Balaban J connectivity index is 1.64. The van der Waals surface area contributed by atoms with Crippen molar-refractivity contribution >= 4 is 28.6 Å². The Morgan fingerprint density at radius 3 is 2.64 bits per heavy atom. The second kappa shape index (κ2) is 7.94. The predicted octanol–water partition coefficient (Wildman–Crippen LogP) is 3.97. The Hall–Kier alpha value is -2.99. The molecule has 0 radical (unpaired) electrons. The molecule has 2 aromatic carbocycles. The lowest BCUT2D eigenvalue weighted by molar-refractivity contribution is 0.0955. The van der Waals surface area contributed by atoms with Crippen molar-refractivity contribution in [2.45, 2.75) is 6.04 Å². The number of hydrogen-bond acceptors (Lipinski definition) is 4. The van der Waals surface area contributed by atoms with E-state index in [0.717, 1.165) is 11.3 Å². The Bertz CT molecular complexity index is 1020. The van der Waals surface area contributed by atoms with Crippen molar-refractivity contribution in [1.82, 2.24) is 5.32 Å². The van der Waals surface area contributed by atoms with E-state index in [4.69, 9.17) is 4.99 Å². The number of halogens is 1. The molecule has 0 fully saturated rings. The van der Waals surface area contributed by atoms with Gasteiger partial charge in [0, 0.05) is 30.4 Å². The molecule has 4 nitrogen and oxygen atoms in total. The number of carbonyl (C=O) groups excluding carboxylic acids is 1. The molecule has 2 heterocycles. The molecule has 1 aliphatic heterocycles. The van der Waals surface area contributed by atoms with Crippen molar-refractivity contribution in [3.8, 4) is 0 Å². The fourth-order valence-electron chi connectivity index (χ4n) is 3.37. The Labute approximate surface area is 167 Å². The summed E-state index contributed by atoms with van der Waals surface area (Å²) in [7, 11) is 1.99. The molecular weight excluding hydrogens is 373 g/mol. The second-order valence-electron chi connectivity index (χ2n) is 6.64. The number of amides is 1. The summed E-state index contributed by atoms with van der Waals surface area (Å²) in [6.45, 7) is 0.912. The summed E-state index contributed by atoms with van der Waals surface area (Å²) in [6, 6.07) is 18.2. The summed E-state index contributed by atoms with van der Waals surface area (Å²) < 4.78 is 14.5. The normalized spacial score (nSPS) is 16.1. The number of carbonyl (C=O) groups is 1. The second-order valence-corrected chi connectivity index (χ2v) is 7.59. The first-order valence-corrected chi connectivity index (χ1v) is 9.96. The highest BCUT2D eigenvalue weighted by Crippen LogP contribution is 2.28. The van der Waals surface area contributed by atoms with Gasteiger partial charge in [-0.05, 0) is 29.6 Å². The van der Waals surface area contributed by atoms with Gasteiger partial charge in [-0.2, -0.15) is 0 Å². The van der Waals surface area contributed by atoms with Gasteiger partial charge in [-0.25, -0.2) is 4.39 Å². The molecule has 6 heteroatoms. The van der Waals surface area contributed by atoms with E-state index in [2.05, 4.69) is 10.2 Å². The Kier molecular flexibility index (Phi) is 5.21. The van der Waals surface area contributed by atoms with E-state index in [1.165, 1.54) is 17.4 Å². The summed E-state index contributed by atoms with van der Waals surface area (Å²) in [5, 5.41) is 4.88. The van der Waals surface area contributed by atoms with Crippen LogP contribution < -0.4 is 10.2 Å². The van der Waals surface area contributed by atoms with Crippen LogP contribution in [0.1, 0.15) is 20.8 Å². The van der Waals surface area contributed by atoms with Crippen LogP contribution in [0, 0.1) is 5.82 Å². The van der Waals surface area contributed by atoms with Gasteiger partial charge in [-0.1, -0.05) is 36.4 Å². The first-order chi connectivity index (χ1) is 13.6. The SMILES string of the molecule is CN1c2ccccc2C(c2ccccc2F)=NCC1CNC(=O)c1cccs1. The van der Waals surface area contributed by atoms with Crippen molar-refractivity contribution in [3.63, 3.8) is 0 Å². The number of aliphatic imine (C=N–C) groups is 1. The highest BCUT2D eigenvalue weighted by molar-refractivity contribution is 7.12. The summed E-state index contributed by atoms with van der Waals surface area (Å²) in [6.07, 6.45) is 0. The fraction of sp³-hybridized carbons (Fsp3) is 0.182. The highest BCUT2D eigenvalue weighted by atomic mass is 32.1. The number of nitrogens with one attached hydrogen (secondary N) is 1. The number of rotatable bonds is 4. The average Bonchev–Trinajstić information content (AvgIpc) is 3.22. The number of para-hydroxylation sites is 1. The van der Waals surface area contributed by atoms with Gasteiger partial charge in [0.05, 0.1) is 23.2 Å². The molecule has 1 aromatic heterocycles. The minimum atomic E-state index is -0.289. The largest absolute Gasteiger partial charge is 0.367 e. The lowest BCUT2D eigenvalue weighted by Gasteiger charge is -2.28. The number of thiophene rings is 1. The van der Waals surface area contributed by atoms with Gasteiger partial charge in [-0.3, -0.25) is 9.79 Å². The molecule has 28 heavy (non-hydrogen) atoms. The number of anilines is 1. The van der Waals surface area contributed by atoms with Gasteiger partial charge in [0.25, 0.3) is 5.91 Å².